The van der Waals surface area contributed by atoms with E-state index >= 15 is 0 Å². The second kappa shape index (κ2) is 6.82. The maximum absolute atomic E-state index is 12.1. The van der Waals surface area contributed by atoms with E-state index in [2.05, 4.69) is 6.92 Å². The van der Waals surface area contributed by atoms with Crippen molar-refractivity contribution in [2.45, 2.75) is 20.4 Å². The van der Waals surface area contributed by atoms with Crippen LogP contribution in [0.4, 0.5) is 0 Å². The summed E-state index contributed by atoms with van der Waals surface area (Å²) >= 11 is 1.67. The van der Waals surface area contributed by atoms with Gasteiger partial charge >= 0.3 is 0 Å². The molecule has 1 heterocycles. The Bertz CT molecular complexity index is 563. The molecular weight excluding hydrogens is 326 g/mol. The number of halogens is 1. The maximum atomic E-state index is 12.1. The molecule has 3 nitrogen and oxygen atoms in total. The molecule has 102 valence electrons. The number of carbonyl (C=O) groups excluding carboxylic acids is 1. The summed E-state index contributed by atoms with van der Waals surface area (Å²) in [6.45, 7) is 4.49. The van der Waals surface area contributed by atoms with Gasteiger partial charge < -0.3 is 21.7 Å². The van der Waals surface area contributed by atoms with Gasteiger partial charge in [0.15, 0.2) is 5.69 Å². The van der Waals surface area contributed by atoms with Crippen LogP contribution in [-0.4, -0.2) is 12.9 Å². The molecule has 0 N–H and O–H groups in total. The van der Waals surface area contributed by atoms with Crippen molar-refractivity contribution in [3.8, 4) is 5.75 Å². The molecule has 0 bridgehead atoms. The summed E-state index contributed by atoms with van der Waals surface area (Å²) < 4.78 is 7.07. The van der Waals surface area contributed by atoms with E-state index in [9.17, 15) is 4.79 Å². The number of ether oxygens (including phenoxy) is 1. The lowest BCUT2D eigenvalue weighted by molar-refractivity contribution is -0.684. The van der Waals surface area contributed by atoms with E-state index in [-0.39, 0.29) is 22.8 Å². The van der Waals surface area contributed by atoms with Crippen LogP contribution in [0.25, 0.3) is 0 Å². The molecule has 1 aromatic heterocycles. The highest BCUT2D eigenvalue weighted by Gasteiger charge is 2.17. The lowest BCUT2D eigenvalue weighted by atomic mass is 10.1. The summed E-state index contributed by atoms with van der Waals surface area (Å²) in [7, 11) is 1.62. The van der Waals surface area contributed by atoms with Gasteiger partial charge in [0, 0.05) is 12.5 Å². The lowest BCUT2D eigenvalue weighted by Crippen LogP contribution is -3.00. The Hall–Kier alpha value is -1.20. The van der Waals surface area contributed by atoms with Gasteiger partial charge in [-0.15, -0.1) is 0 Å². The summed E-state index contributed by atoms with van der Waals surface area (Å²) in [5.41, 5.74) is 3.86. The highest BCUT2D eigenvalue weighted by atomic mass is 79.9. The van der Waals surface area contributed by atoms with Crippen LogP contribution in [0.1, 0.15) is 20.9 Å². The van der Waals surface area contributed by atoms with Gasteiger partial charge in [0.25, 0.3) is 0 Å². The summed E-state index contributed by atoms with van der Waals surface area (Å²) in [6, 6.07) is 7.22. The molecule has 0 saturated carbocycles. The van der Waals surface area contributed by atoms with Crippen molar-refractivity contribution in [1.82, 2.24) is 0 Å². The largest absolute Gasteiger partial charge is 1.00 e. The van der Waals surface area contributed by atoms with Crippen molar-refractivity contribution in [3.05, 3.63) is 45.9 Å². The minimum absolute atomic E-state index is 0. The van der Waals surface area contributed by atoms with Crippen molar-refractivity contribution in [2.75, 3.05) is 7.11 Å². The van der Waals surface area contributed by atoms with Gasteiger partial charge in [0.05, 0.1) is 12.0 Å². The van der Waals surface area contributed by atoms with E-state index < -0.39 is 0 Å². The van der Waals surface area contributed by atoms with E-state index in [0.717, 1.165) is 11.4 Å². The number of ketones is 1. The molecule has 0 radical (unpaired) electrons. The molecule has 2 aromatic rings. The second-order valence-corrected chi connectivity index (χ2v) is 5.20. The number of thiazole rings is 1. The topological polar surface area (TPSA) is 30.2 Å². The number of methoxy groups -OCH3 is 1. The molecule has 1 aromatic carbocycles. The third-order valence-electron chi connectivity index (χ3n) is 3.02. The number of carbonyl (C=O) groups is 1. The fourth-order valence-corrected chi connectivity index (χ4v) is 2.49. The SMILES string of the molecule is COc1ccc(C(=O)C[n+]2csc(C)c2C)cc1.[Br-]. The average Bonchev–Trinajstić information content (AvgIpc) is 2.71. The zero-order valence-corrected chi connectivity index (χ0v) is 13.5. The molecule has 5 heteroatoms. The molecule has 0 aliphatic rings. The van der Waals surface area contributed by atoms with Crippen molar-refractivity contribution in [3.63, 3.8) is 0 Å². The monoisotopic (exact) mass is 341 g/mol. The Morgan fingerprint density at radius 2 is 1.89 bits per heavy atom. The van der Waals surface area contributed by atoms with E-state index in [1.807, 2.05) is 29.1 Å². The van der Waals surface area contributed by atoms with Gasteiger partial charge in [-0.1, -0.05) is 11.3 Å². The quantitative estimate of drug-likeness (QED) is 0.557. The molecular formula is C14H16BrNO2S. The zero-order valence-electron chi connectivity index (χ0n) is 11.1. The molecule has 0 fully saturated rings. The van der Waals surface area contributed by atoms with Crippen LogP contribution >= 0.6 is 11.3 Å². The first kappa shape index (κ1) is 15.9. The molecule has 0 spiro atoms. The third kappa shape index (κ3) is 3.64. The van der Waals surface area contributed by atoms with Crippen LogP contribution in [0.15, 0.2) is 29.8 Å². The Labute approximate surface area is 127 Å². The van der Waals surface area contributed by atoms with Gasteiger partial charge in [-0.05, 0) is 31.2 Å². The molecule has 0 amide bonds. The lowest BCUT2D eigenvalue weighted by Gasteiger charge is -2.01. The van der Waals surface area contributed by atoms with E-state index in [1.54, 1.807) is 30.6 Å². The normalized spacial score (nSPS) is 9.84. The predicted molar refractivity (Wildman–Crippen MR) is 71.3 cm³/mol. The van der Waals surface area contributed by atoms with Gasteiger partial charge in [0.2, 0.25) is 17.8 Å². The number of nitrogens with zero attached hydrogens (tertiary/aromatic N) is 1. The number of Topliss-reactive ketones (excluding diaryl/α,β-unsaturated/α-hetero) is 1. The molecule has 0 atom stereocenters. The number of rotatable bonds is 4. The molecule has 0 aliphatic carbocycles. The smallest absolute Gasteiger partial charge is 0.227 e. The Balaban J connectivity index is 0.00000180. The molecule has 2 rings (SSSR count). The zero-order chi connectivity index (χ0) is 13.1. The number of hydrogen-bond donors (Lipinski definition) is 0. The summed E-state index contributed by atoms with van der Waals surface area (Å²) in [4.78, 5) is 13.4. The van der Waals surface area contributed by atoms with E-state index in [1.165, 1.54) is 4.88 Å². The highest BCUT2D eigenvalue weighted by Crippen LogP contribution is 2.12. The number of aromatic nitrogens is 1. The number of hydrogen-bond acceptors (Lipinski definition) is 3. The van der Waals surface area contributed by atoms with Gasteiger partial charge in [0.1, 0.15) is 5.75 Å². The minimum atomic E-state index is 0. The fourth-order valence-electron chi connectivity index (χ4n) is 1.69. The van der Waals surface area contributed by atoms with Crippen molar-refractivity contribution >= 4 is 17.1 Å². The Morgan fingerprint density at radius 3 is 2.37 bits per heavy atom. The van der Waals surface area contributed by atoms with Crippen LogP contribution in [0.3, 0.4) is 0 Å². The minimum Gasteiger partial charge on any atom is -1.00 e. The van der Waals surface area contributed by atoms with Crippen molar-refractivity contribution < 1.29 is 31.1 Å². The number of benzene rings is 1. The van der Waals surface area contributed by atoms with Crippen LogP contribution in [0.2, 0.25) is 0 Å². The van der Waals surface area contributed by atoms with Gasteiger partial charge in [-0.2, -0.15) is 4.57 Å². The standard InChI is InChI=1S/C14H16NO2S.BrH/c1-10-11(2)18-9-15(10)8-14(16)12-4-6-13(17-3)7-5-12;/h4-7,9H,8H2,1-3H3;1H/q+1;/p-1. The van der Waals surface area contributed by atoms with Crippen LogP contribution in [0.5, 0.6) is 5.75 Å². The first-order valence-electron chi connectivity index (χ1n) is 5.73. The Morgan fingerprint density at radius 1 is 1.26 bits per heavy atom. The molecule has 19 heavy (non-hydrogen) atoms. The molecule has 0 aliphatic heterocycles. The van der Waals surface area contributed by atoms with Gasteiger partial charge in [-0.25, -0.2) is 0 Å². The average molecular weight is 342 g/mol. The second-order valence-electron chi connectivity index (χ2n) is 4.14. The third-order valence-corrected chi connectivity index (χ3v) is 4.03. The van der Waals surface area contributed by atoms with Crippen LogP contribution in [0, 0.1) is 13.8 Å². The molecule has 0 unspecified atom stereocenters. The fraction of sp³-hybridized carbons (Fsp3) is 0.286. The summed E-state index contributed by atoms with van der Waals surface area (Å²) in [6.07, 6.45) is 0. The van der Waals surface area contributed by atoms with E-state index in [4.69, 9.17) is 4.74 Å². The van der Waals surface area contributed by atoms with E-state index in [0.29, 0.717) is 12.1 Å². The predicted octanol–water partition coefficient (Wildman–Crippen LogP) is -0.452. The van der Waals surface area contributed by atoms with Crippen molar-refractivity contribution in [2.24, 2.45) is 0 Å². The Kier molecular flexibility index (Phi) is 5.69. The molecule has 0 saturated heterocycles. The van der Waals surface area contributed by atoms with Crippen LogP contribution < -0.4 is 26.3 Å². The summed E-state index contributed by atoms with van der Waals surface area (Å²) in [5.74, 6) is 0.880. The maximum Gasteiger partial charge on any atom is 0.227 e. The first-order valence-corrected chi connectivity index (χ1v) is 6.61. The van der Waals surface area contributed by atoms with Crippen molar-refractivity contribution in [1.29, 1.82) is 0 Å². The first-order chi connectivity index (χ1) is 8.61. The van der Waals surface area contributed by atoms with Crippen LogP contribution in [-0.2, 0) is 6.54 Å². The van der Waals surface area contributed by atoms with Gasteiger partial charge in [-0.3, -0.25) is 4.79 Å². The highest BCUT2D eigenvalue weighted by molar-refractivity contribution is 7.09. The summed E-state index contributed by atoms with van der Waals surface area (Å²) in [5, 5.41) is 0. The number of aryl methyl sites for hydroxylation is 1.